The highest BCUT2D eigenvalue weighted by molar-refractivity contribution is 7.99. The van der Waals surface area contributed by atoms with Gasteiger partial charge in [0.05, 0.1) is 22.9 Å². The second-order valence-electron chi connectivity index (χ2n) is 11.0. The molecule has 1 aliphatic heterocycles. The quantitative estimate of drug-likeness (QED) is 0.237. The van der Waals surface area contributed by atoms with E-state index < -0.39 is 10.0 Å². The summed E-state index contributed by atoms with van der Waals surface area (Å²) in [6.07, 6.45) is 1.71. The lowest BCUT2D eigenvalue weighted by atomic mass is 10.1. The van der Waals surface area contributed by atoms with E-state index in [9.17, 15) is 18.0 Å². The molecule has 12 heteroatoms. The highest BCUT2D eigenvalue weighted by Crippen LogP contribution is 2.26. The highest BCUT2D eigenvalue weighted by atomic mass is 32.2. The van der Waals surface area contributed by atoms with Crippen LogP contribution in [0.2, 0.25) is 0 Å². The van der Waals surface area contributed by atoms with Gasteiger partial charge in [-0.2, -0.15) is 4.31 Å². The van der Waals surface area contributed by atoms with Crippen molar-refractivity contribution >= 4 is 39.3 Å². The van der Waals surface area contributed by atoms with Crippen LogP contribution in [0, 0.1) is 27.7 Å². The van der Waals surface area contributed by atoms with E-state index in [0.29, 0.717) is 29.6 Å². The molecule has 0 aliphatic carbocycles. The number of rotatable bonds is 10. The summed E-state index contributed by atoms with van der Waals surface area (Å²) in [4.78, 5) is 26.1. The molecular weight excluding hydrogens is 597 g/mol. The number of nitrogens with zero attached hydrogens (tertiary/aromatic N) is 4. The smallest absolute Gasteiger partial charge is 0.251 e. The van der Waals surface area contributed by atoms with Crippen LogP contribution in [-0.2, 0) is 21.4 Å². The van der Waals surface area contributed by atoms with Gasteiger partial charge in [0.2, 0.25) is 15.9 Å². The maximum Gasteiger partial charge on any atom is 0.251 e. The number of nitrogens with one attached hydrogen (secondary N) is 2. The van der Waals surface area contributed by atoms with Gasteiger partial charge in [-0.1, -0.05) is 36.0 Å². The first-order chi connectivity index (χ1) is 21.0. The first-order valence-electron chi connectivity index (χ1n) is 14.4. The topological polar surface area (TPSA) is 126 Å². The molecule has 0 atom stereocenters. The summed E-state index contributed by atoms with van der Waals surface area (Å²) < 4.78 is 29.0. The summed E-state index contributed by atoms with van der Waals surface area (Å²) in [5.41, 5.74) is 6.03. The molecule has 1 aromatic heterocycles. The van der Waals surface area contributed by atoms with E-state index in [1.807, 2.05) is 68.7 Å². The molecular formula is C32H36N6O4S2. The van der Waals surface area contributed by atoms with Crippen LogP contribution >= 0.6 is 11.8 Å². The molecule has 2 N–H and O–H groups in total. The van der Waals surface area contributed by atoms with Crippen molar-refractivity contribution in [3.63, 3.8) is 0 Å². The van der Waals surface area contributed by atoms with Crippen LogP contribution in [0.15, 0.2) is 70.7 Å². The van der Waals surface area contributed by atoms with Crippen LogP contribution in [-0.4, -0.2) is 58.1 Å². The van der Waals surface area contributed by atoms with Gasteiger partial charge >= 0.3 is 0 Å². The maximum atomic E-state index is 13.1. The van der Waals surface area contributed by atoms with Crippen molar-refractivity contribution in [1.29, 1.82) is 0 Å². The van der Waals surface area contributed by atoms with Crippen molar-refractivity contribution in [3.05, 3.63) is 94.3 Å². The van der Waals surface area contributed by atoms with Crippen molar-refractivity contribution in [2.45, 2.75) is 57.1 Å². The van der Waals surface area contributed by atoms with Gasteiger partial charge < -0.3 is 10.6 Å². The average molecular weight is 633 g/mol. The monoisotopic (exact) mass is 632 g/mol. The van der Waals surface area contributed by atoms with E-state index in [0.717, 1.165) is 46.5 Å². The molecule has 0 spiro atoms. The van der Waals surface area contributed by atoms with Crippen molar-refractivity contribution in [3.8, 4) is 5.69 Å². The van der Waals surface area contributed by atoms with Gasteiger partial charge in [-0.25, -0.2) is 8.42 Å². The molecule has 0 bridgehead atoms. The van der Waals surface area contributed by atoms with Crippen LogP contribution in [0.4, 0.5) is 5.69 Å². The first-order valence-corrected chi connectivity index (χ1v) is 16.9. The molecule has 0 saturated carbocycles. The Bertz CT molecular complexity index is 1800. The Morgan fingerprint density at radius 1 is 0.864 bits per heavy atom. The number of aryl methyl sites for hydroxylation is 4. The molecule has 1 saturated heterocycles. The fourth-order valence-corrected chi connectivity index (χ4v) is 7.30. The summed E-state index contributed by atoms with van der Waals surface area (Å²) >= 11 is 1.26. The number of aromatic nitrogens is 3. The molecule has 1 fully saturated rings. The molecule has 4 aromatic rings. The second-order valence-corrected chi connectivity index (χ2v) is 13.9. The number of carbonyl (C=O) groups excluding carboxylic acids is 2. The number of carbonyl (C=O) groups is 2. The normalized spacial score (nSPS) is 13.6. The summed E-state index contributed by atoms with van der Waals surface area (Å²) in [7, 11) is -3.56. The molecule has 10 nitrogen and oxygen atoms in total. The molecule has 230 valence electrons. The van der Waals surface area contributed by atoms with E-state index >= 15 is 0 Å². The molecule has 5 rings (SSSR count). The summed E-state index contributed by atoms with van der Waals surface area (Å²) in [5, 5.41) is 15.1. The SMILES string of the molecule is Cc1ccc(C)c(NC(=O)CSc2nnc(CNC(=O)c3ccc(S(=O)(=O)N4CCCC4)cc3)n2-c2cc(C)ccc2C)c1. The molecule has 44 heavy (non-hydrogen) atoms. The Labute approximate surface area is 262 Å². The van der Waals surface area contributed by atoms with Crippen LogP contribution in [0.3, 0.4) is 0 Å². The Hall–Kier alpha value is -4.00. The third kappa shape index (κ3) is 7.03. The summed E-state index contributed by atoms with van der Waals surface area (Å²) in [6.45, 7) is 9.01. The largest absolute Gasteiger partial charge is 0.345 e. The lowest BCUT2D eigenvalue weighted by Crippen LogP contribution is -2.28. The van der Waals surface area contributed by atoms with Gasteiger partial charge in [-0.05, 0) is 99.2 Å². The zero-order valence-corrected chi connectivity index (χ0v) is 26.9. The number of thioether (sulfide) groups is 1. The fraction of sp³-hybridized carbons (Fsp3) is 0.312. The van der Waals surface area contributed by atoms with Crippen molar-refractivity contribution in [1.82, 2.24) is 24.4 Å². The zero-order chi connectivity index (χ0) is 31.4. The maximum absolute atomic E-state index is 13.1. The van der Waals surface area contributed by atoms with Crippen molar-refractivity contribution in [2.24, 2.45) is 0 Å². The van der Waals surface area contributed by atoms with Crippen molar-refractivity contribution < 1.29 is 18.0 Å². The predicted molar refractivity (Wildman–Crippen MR) is 172 cm³/mol. The minimum atomic E-state index is -3.56. The van der Waals surface area contributed by atoms with Crippen LogP contribution in [0.25, 0.3) is 5.69 Å². The average Bonchev–Trinajstić information content (AvgIpc) is 3.69. The van der Waals surface area contributed by atoms with Gasteiger partial charge in [-0.15, -0.1) is 10.2 Å². The molecule has 0 radical (unpaired) electrons. The first kappa shape index (κ1) is 31.4. The number of amides is 2. The van der Waals surface area contributed by atoms with Gasteiger partial charge in [0.25, 0.3) is 5.91 Å². The lowest BCUT2D eigenvalue weighted by molar-refractivity contribution is -0.113. The molecule has 0 unspecified atom stereocenters. The van der Waals surface area contributed by atoms with E-state index in [4.69, 9.17) is 0 Å². The summed E-state index contributed by atoms with van der Waals surface area (Å²) in [6, 6.07) is 17.9. The number of benzene rings is 3. The van der Waals surface area contributed by atoms with E-state index in [-0.39, 0.29) is 29.0 Å². The minimum Gasteiger partial charge on any atom is -0.345 e. The second kappa shape index (κ2) is 13.3. The minimum absolute atomic E-state index is 0.0717. The fourth-order valence-electron chi connectivity index (χ4n) is 5.01. The zero-order valence-electron chi connectivity index (χ0n) is 25.3. The highest BCUT2D eigenvalue weighted by Gasteiger charge is 2.27. The van der Waals surface area contributed by atoms with E-state index in [1.54, 1.807) is 0 Å². The lowest BCUT2D eigenvalue weighted by Gasteiger charge is -2.16. The molecule has 2 heterocycles. The predicted octanol–water partition coefficient (Wildman–Crippen LogP) is 4.95. The Balaban J connectivity index is 1.32. The standard InChI is InChI=1S/C32H36N6O4S2/c1-21-7-9-23(3)27(17-21)34-30(39)20-43-32-36-35-29(38(32)28-18-22(2)8-10-24(28)4)19-33-31(40)25-11-13-26(14-12-25)44(41,42)37-15-5-6-16-37/h7-14,17-18H,5-6,15-16,19-20H2,1-4H3,(H,33,40)(H,34,39). The summed E-state index contributed by atoms with van der Waals surface area (Å²) in [5.74, 6) is 0.0878. The van der Waals surface area contributed by atoms with E-state index in [1.165, 1.54) is 40.3 Å². The number of hydrogen-bond acceptors (Lipinski definition) is 7. The third-order valence-electron chi connectivity index (χ3n) is 7.53. The van der Waals surface area contributed by atoms with E-state index in [2.05, 4.69) is 20.8 Å². The van der Waals surface area contributed by atoms with Crippen molar-refractivity contribution in [2.75, 3.05) is 24.2 Å². The Morgan fingerprint density at radius 3 is 2.23 bits per heavy atom. The number of hydrogen-bond donors (Lipinski definition) is 2. The van der Waals surface area contributed by atoms with Gasteiger partial charge in [0, 0.05) is 24.3 Å². The molecule has 2 amide bonds. The van der Waals surface area contributed by atoms with Gasteiger partial charge in [-0.3, -0.25) is 14.2 Å². The molecule has 3 aromatic carbocycles. The van der Waals surface area contributed by atoms with Gasteiger partial charge in [0.1, 0.15) is 0 Å². The van der Waals surface area contributed by atoms with Crippen LogP contribution in [0.1, 0.15) is 51.3 Å². The number of sulfonamides is 1. The number of anilines is 1. The molecule has 1 aliphatic rings. The third-order valence-corrected chi connectivity index (χ3v) is 10.4. The Kier molecular flexibility index (Phi) is 9.52. The van der Waals surface area contributed by atoms with Gasteiger partial charge in [0.15, 0.2) is 11.0 Å². The van der Waals surface area contributed by atoms with Crippen LogP contribution < -0.4 is 10.6 Å². The Morgan fingerprint density at radius 2 is 1.52 bits per heavy atom. The van der Waals surface area contributed by atoms with Crippen LogP contribution in [0.5, 0.6) is 0 Å².